The molecule has 0 fully saturated rings. The van der Waals surface area contributed by atoms with Crippen molar-refractivity contribution in [3.05, 3.63) is 89.7 Å². The maximum absolute atomic E-state index is 5.88. The molecule has 150 valence electrons. The third-order valence-corrected chi connectivity index (χ3v) is 4.82. The molecule has 2 heterocycles. The minimum atomic E-state index is 0. The van der Waals surface area contributed by atoms with Crippen molar-refractivity contribution in [3.8, 4) is 5.75 Å². The third kappa shape index (κ3) is 5.26. The van der Waals surface area contributed by atoms with Crippen LogP contribution in [0, 0.1) is 0 Å². The number of hydrogen-bond donors (Lipinski definition) is 1. The topological polar surface area (TPSA) is 49.8 Å². The molecule has 3 aromatic rings. The van der Waals surface area contributed by atoms with Gasteiger partial charge in [0.25, 0.3) is 0 Å². The maximum Gasteiger partial charge on any atom is 0.198 e. The fourth-order valence-electron chi connectivity index (χ4n) is 3.42. The van der Waals surface area contributed by atoms with E-state index >= 15 is 0 Å². The summed E-state index contributed by atoms with van der Waals surface area (Å²) >= 11 is 0. The molecule has 0 saturated carbocycles. The molecular weight excluding hydrogens is 475 g/mol. The Kier molecular flexibility index (Phi) is 7.46. The van der Waals surface area contributed by atoms with Crippen LogP contribution in [0.4, 0.5) is 5.69 Å². The van der Waals surface area contributed by atoms with Crippen LogP contribution in [-0.4, -0.2) is 24.5 Å². The highest BCUT2D eigenvalue weighted by molar-refractivity contribution is 14.0. The molecule has 1 aliphatic heterocycles. The maximum atomic E-state index is 5.88. The number of halogens is 1. The molecule has 6 heteroatoms. The van der Waals surface area contributed by atoms with Gasteiger partial charge in [-0.2, -0.15) is 0 Å². The zero-order chi connectivity index (χ0) is 19.2. The summed E-state index contributed by atoms with van der Waals surface area (Å²) < 4.78 is 5.88. The molecular formula is C23H25IN4O. The van der Waals surface area contributed by atoms with Crippen LogP contribution in [0.2, 0.25) is 0 Å². The van der Waals surface area contributed by atoms with Crippen LogP contribution in [0.15, 0.2) is 77.9 Å². The number of aliphatic imine (C=N–C) groups is 1. The first kappa shape index (κ1) is 21.1. The van der Waals surface area contributed by atoms with E-state index in [1.165, 1.54) is 11.3 Å². The summed E-state index contributed by atoms with van der Waals surface area (Å²) in [6.07, 6.45) is 2.83. The van der Waals surface area contributed by atoms with Gasteiger partial charge < -0.3 is 15.0 Å². The molecule has 0 amide bonds. The number of hydrogen-bond acceptors (Lipinski definition) is 3. The number of benzene rings is 2. The number of para-hydroxylation sites is 1. The molecule has 0 aliphatic carbocycles. The average Bonchev–Trinajstić information content (AvgIpc) is 3.18. The minimum absolute atomic E-state index is 0. The summed E-state index contributed by atoms with van der Waals surface area (Å²) in [5, 5.41) is 3.48. The zero-order valence-corrected chi connectivity index (χ0v) is 18.7. The highest BCUT2D eigenvalue weighted by atomic mass is 127. The highest BCUT2D eigenvalue weighted by Gasteiger charge is 2.22. The van der Waals surface area contributed by atoms with Crippen molar-refractivity contribution in [3.63, 3.8) is 0 Å². The fraction of sp³-hybridized carbons (Fsp3) is 0.217. The summed E-state index contributed by atoms with van der Waals surface area (Å²) in [4.78, 5) is 11.0. The molecule has 0 spiro atoms. The second-order valence-electron chi connectivity index (χ2n) is 6.69. The summed E-state index contributed by atoms with van der Waals surface area (Å²) in [5.41, 5.74) is 4.67. The normalized spacial score (nSPS) is 12.9. The number of ether oxygens (including phenoxy) is 1. The van der Waals surface area contributed by atoms with Crippen molar-refractivity contribution >= 4 is 35.6 Å². The Morgan fingerprint density at radius 3 is 2.79 bits per heavy atom. The number of anilines is 1. The molecule has 0 radical (unpaired) electrons. The Balaban J connectivity index is 0.00000240. The predicted octanol–water partition coefficient (Wildman–Crippen LogP) is 4.42. The number of aromatic nitrogens is 1. The Morgan fingerprint density at radius 2 is 1.97 bits per heavy atom. The molecule has 29 heavy (non-hydrogen) atoms. The molecule has 1 aromatic heterocycles. The quantitative estimate of drug-likeness (QED) is 0.320. The van der Waals surface area contributed by atoms with Gasteiger partial charge in [0.2, 0.25) is 0 Å². The van der Waals surface area contributed by atoms with Crippen LogP contribution < -0.4 is 15.0 Å². The lowest BCUT2D eigenvalue weighted by atomic mass is 10.2. The summed E-state index contributed by atoms with van der Waals surface area (Å²) in [6.45, 7) is 2.10. The molecule has 0 saturated heterocycles. The minimum Gasteiger partial charge on any atom is -0.487 e. The molecule has 0 atom stereocenters. The lowest BCUT2D eigenvalue weighted by Crippen LogP contribution is -2.40. The monoisotopic (exact) mass is 500 g/mol. The number of fused-ring (bicyclic) bond motifs is 1. The number of rotatable bonds is 5. The van der Waals surface area contributed by atoms with Crippen molar-refractivity contribution in [2.75, 3.05) is 18.5 Å². The zero-order valence-electron chi connectivity index (χ0n) is 16.4. The van der Waals surface area contributed by atoms with Crippen LogP contribution in [0.5, 0.6) is 5.75 Å². The van der Waals surface area contributed by atoms with Crippen LogP contribution in [-0.2, 0) is 19.6 Å². The fourth-order valence-corrected chi connectivity index (χ4v) is 3.42. The van der Waals surface area contributed by atoms with Gasteiger partial charge in [-0.1, -0.05) is 36.4 Å². The first-order valence-corrected chi connectivity index (χ1v) is 9.51. The van der Waals surface area contributed by atoms with Crippen LogP contribution in [0.3, 0.4) is 0 Å². The van der Waals surface area contributed by atoms with Gasteiger partial charge in [0, 0.05) is 32.0 Å². The van der Waals surface area contributed by atoms with Gasteiger partial charge in [-0.25, -0.2) is 0 Å². The Hall–Kier alpha value is -2.61. The molecule has 4 rings (SSSR count). The van der Waals surface area contributed by atoms with Gasteiger partial charge in [0.1, 0.15) is 12.4 Å². The average molecular weight is 500 g/mol. The lowest BCUT2D eigenvalue weighted by molar-refractivity contribution is 0.301. The van der Waals surface area contributed by atoms with Crippen LogP contribution in [0.25, 0.3) is 0 Å². The van der Waals surface area contributed by atoms with Crippen LogP contribution in [0.1, 0.15) is 16.8 Å². The van der Waals surface area contributed by atoms with E-state index in [1.807, 2.05) is 37.4 Å². The molecule has 1 aliphatic rings. The van der Waals surface area contributed by atoms with Crippen molar-refractivity contribution in [2.45, 2.75) is 19.6 Å². The van der Waals surface area contributed by atoms with Crippen molar-refractivity contribution < 1.29 is 4.74 Å². The molecule has 0 unspecified atom stereocenters. The highest BCUT2D eigenvalue weighted by Crippen LogP contribution is 2.27. The SMILES string of the molecule is CN=C(NCc1cccc(OCc2ccccn2)c1)N1CCc2ccccc21.I. The number of nitrogens with zero attached hydrogens (tertiary/aromatic N) is 3. The molecule has 2 aromatic carbocycles. The number of nitrogens with one attached hydrogen (secondary N) is 1. The van der Waals surface area contributed by atoms with Gasteiger partial charge in [-0.3, -0.25) is 9.98 Å². The molecule has 1 N–H and O–H groups in total. The van der Waals surface area contributed by atoms with E-state index in [-0.39, 0.29) is 24.0 Å². The Morgan fingerprint density at radius 1 is 1.10 bits per heavy atom. The second kappa shape index (κ2) is 10.2. The van der Waals surface area contributed by atoms with E-state index in [0.29, 0.717) is 13.2 Å². The Labute approximate surface area is 188 Å². The van der Waals surface area contributed by atoms with Crippen LogP contribution >= 0.6 is 24.0 Å². The predicted molar refractivity (Wildman–Crippen MR) is 128 cm³/mol. The largest absolute Gasteiger partial charge is 0.487 e. The van der Waals surface area contributed by atoms with Gasteiger partial charge >= 0.3 is 0 Å². The number of pyridine rings is 1. The first-order chi connectivity index (χ1) is 13.8. The van der Waals surface area contributed by atoms with E-state index in [2.05, 4.69) is 56.6 Å². The summed E-state index contributed by atoms with van der Waals surface area (Å²) in [6, 6.07) is 22.5. The van der Waals surface area contributed by atoms with E-state index < -0.39 is 0 Å². The standard InChI is InChI=1S/C23H24N4O.HI/c1-24-23(27-14-12-19-8-2-3-11-22(19)27)26-16-18-7-6-10-21(15-18)28-17-20-9-4-5-13-25-20;/h2-11,13,15H,12,14,16-17H2,1H3,(H,24,26);1H. The molecule has 5 nitrogen and oxygen atoms in total. The van der Waals surface area contributed by atoms with Crippen molar-refractivity contribution in [1.82, 2.24) is 10.3 Å². The van der Waals surface area contributed by atoms with E-state index in [9.17, 15) is 0 Å². The van der Waals surface area contributed by atoms with E-state index in [4.69, 9.17) is 4.74 Å². The van der Waals surface area contributed by atoms with E-state index in [1.54, 1.807) is 6.20 Å². The number of guanidine groups is 1. The van der Waals surface area contributed by atoms with Gasteiger partial charge in [-0.05, 0) is 47.9 Å². The second-order valence-corrected chi connectivity index (χ2v) is 6.69. The Bertz CT molecular complexity index is 962. The van der Waals surface area contributed by atoms with Crippen molar-refractivity contribution in [1.29, 1.82) is 0 Å². The van der Waals surface area contributed by atoms with Gasteiger partial charge in [0.05, 0.1) is 5.69 Å². The van der Waals surface area contributed by atoms with Gasteiger partial charge in [0.15, 0.2) is 5.96 Å². The first-order valence-electron chi connectivity index (χ1n) is 9.51. The molecule has 0 bridgehead atoms. The van der Waals surface area contributed by atoms with Gasteiger partial charge in [-0.15, -0.1) is 24.0 Å². The summed E-state index contributed by atoms with van der Waals surface area (Å²) in [5.74, 6) is 1.73. The smallest absolute Gasteiger partial charge is 0.198 e. The van der Waals surface area contributed by atoms with Crippen molar-refractivity contribution in [2.24, 2.45) is 4.99 Å². The van der Waals surface area contributed by atoms with E-state index in [0.717, 1.165) is 35.9 Å². The lowest BCUT2D eigenvalue weighted by Gasteiger charge is -2.22. The summed E-state index contributed by atoms with van der Waals surface area (Å²) in [7, 11) is 1.83. The third-order valence-electron chi connectivity index (χ3n) is 4.82.